The molecule has 3 N–H and O–H groups in total. The normalized spacial score (nSPS) is 12.7. The fourth-order valence-corrected chi connectivity index (χ4v) is 0.992. The van der Waals surface area contributed by atoms with Crippen LogP contribution in [0.5, 0.6) is 0 Å². The number of carbonyl (C=O) groups excluding carboxylic acids is 2. The van der Waals surface area contributed by atoms with E-state index in [4.69, 9.17) is 0 Å². The number of urea groups is 1. The molecule has 0 aliphatic rings. The Morgan fingerprint density at radius 3 is 2.38 bits per heavy atom. The summed E-state index contributed by atoms with van der Waals surface area (Å²) in [7, 11) is -2.25. The number of hydrogen-bond donors (Lipinski definition) is 3. The van der Waals surface area contributed by atoms with Crippen LogP contribution in [0.1, 0.15) is 6.92 Å². The van der Waals surface area contributed by atoms with E-state index in [1.54, 1.807) is 11.8 Å². The Kier molecular flexibility index (Phi) is 5.75. The molecular formula is C7H15N3O5S. The maximum Gasteiger partial charge on any atom is 0.329 e. The second-order valence-electron chi connectivity index (χ2n) is 3.13. The zero-order chi connectivity index (χ0) is 12.8. The van der Waals surface area contributed by atoms with E-state index in [-0.39, 0.29) is 6.54 Å². The molecule has 0 rings (SSSR count). The Morgan fingerprint density at radius 2 is 1.94 bits per heavy atom. The van der Waals surface area contributed by atoms with Crippen LogP contribution in [0.4, 0.5) is 4.79 Å². The van der Waals surface area contributed by atoms with E-state index in [0.29, 0.717) is 0 Å². The maximum absolute atomic E-state index is 11.0. The van der Waals surface area contributed by atoms with Gasteiger partial charge in [0, 0.05) is 6.54 Å². The topological polar surface area (TPSA) is 114 Å². The number of ether oxygens (including phenoxy) is 1. The van der Waals surface area contributed by atoms with Gasteiger partial charge >= 0.3 is 12.0 Å². The van der Waals surface area contributed by atoms with Gasteiger partial charge in [-0.3, -0.25) is 10.2 Å². The molecule has 0 spiro atoms. The summed E-state index contributed by atoms with van der Waals surface area (Å²) in [4.78, 5) is 23.7. The van der Waals surface area contributed by atoms with Crippen LogP contribution in [0.3, 0.4) is 0 Å². The van der Waals surface area contributed by atoms with Gasteiger partial charge in [0.25, 0.3) is 0 Å². The zero-order valence-electron chi connectivity index (χ0n) is 9.23. The number of hydrogen-bond acceptors (Lipinski definition) is 5. The Labute approximate surface area is 93.7 Å². The van der Waals surface area contributed by atoms with Crippen molar-refractivity contribution in [2.45, 2.75) is 6.92 Å². The lowest BCUT2D eigenvalue weighted by atomic mass is 10.2. The second kappa shape index (κ2) is 6.28. The largest absolute Gasteiger partial charge is 0.469 e. The summed E-state index contributed by atoms with van der Waals surface area (Å²) in [5, 5.41) is 2.29. The van der Waals surface area contributed by atoms with E-state index < -0.39 is 27.9 Å². The Morgan fingerprint density at radius 1 is 1.38 bits per heavy atom. The van der Waals surface area contributed by atoms with Crippen LogP contribution in [0.25, 0.3) is 0 Å². The van der Waals surface area contributed by atoms with E-state index in [2.05, 4.69) is 10.1 Å². The molecule has 0 saturated heterocycles. The average Bonchev–Trinajstić information content (AvgIpc) is 2.20. The highest BCUT2D eigenvalue weighted by Gasteiger charge is 2.14. The van der Waals surface area contributed by atoms with Crippen LogP contribution in [0.2, 0.25) is 0 Å². The molecule has 1 unspecified atom stereocenters. The minimum absolute atomic E-state index is 0.0456. The molecule has 8 nitrogen and oxygen atoms in total. The molecule has 0 saturated carbocycles. The minimum Gasteiger partial charge on any atom is -0.469 e. The molecule has 0 aromatic carbocycles. The van der Waals surface area contributed by atoms with Crippen molar-refractivity contribution in [1.82, 2.24) is 15.6 Å². The molecule has 0 aliphatic carbocycles. The summed E-state index contributed by atoms with van der Waals surface area (Å²) in [6, 6.07) is -0.749. The summed E-state index contributed by atoms with van der Waals surface area (Å²) in [6.07, 6.45) is 0.893. The van der Waals surface area contributed by atoms with Crippen LogP contribution in [0.15, 0.2) is 0 Å². The molecule has 0 aliphatic heterocycles. The SMILES string of the molecule is COC(=O)C(C)CNC(=O)NNS(C)(=O)=O. The smallest absolute Gasteiger partial charge is 0.329 e. The van der Waals surface area contributed by atoms with Crippen LogP contribution in [-0.4, -0.2) is 40.3 Å². The van der Waals surface area contributed by atoms with Crippen LogP contribution < -0.4 is 15.6 Å². The van der Waals surface area contributed by atoms with E-state index in [1.165, 1.54) is 7.11 Å². The summed E-state index contributed by atoms with van der Waals surface area (Å²) >= 11 is 0. The van der Waals surface area contributed by atoms with Gasteiger partial charge in [0.2, 0.25) is 10.0 Å². The standard InChI is InChI=1S/C7H15N3O5S/c1-5(6(11)15-2)4-8-7(12)9-10-16(3,13)14/h5,10H,4H2,1-3H3,(H2,8,9,12). The molecule has 94 valence electrons. The zero-order valence-corrected chi connectivity index (χ0v) is 10.1. The number of carbonyl (C=O) groups is 2. The lowest BCUT2D eigenvalue weighted by molar-refractivity contribution is -0.144. The van der Waals surface area contributed by atoms with E-state index >= 15 is 0 Å². The molecule has 1 atom stereocenters. The predicted molar refractivity (Wildman–Crippen MR) is 55.7 cm³/mol. The number of nitrogens with one attached hydrogen (secondary N) is 3. The van der Waals surface area contributed by atoms with Crippen molar-refractivity contribution in [1.29, 1.82) is 0 Å². The van der Waals surface area contributed by atoms with Crippen LogP contribution in [-0.2, 0) is 19.6 Å². The highest BCUT2D eigenvalue weighted by atomic mass is 32.2. The lowest BCUT2D eigenvalue weighted by Gasteiger charge is -2.11. The minimum atomic E-state index is -3.49. The van der Waals surface area contributed by atoms with Crippen LogP contribution >= 0.6 is 0 Å². The van der Waals surface area contributed by atoms with Gasteiger partial charge in [-0.25, -0.2) is 13.2 Å². The van der Waals surface area contributed by atoms with Gasteiger partial charge in [0.15, 0.2) is 0 Å². The average molecular weight is 253 g/mol. The summed E-state index contributed by atoms with van der Waals surface area (Å²) in [6.45, 7) is 1.61. The highest BCUT2D eigenvalue weighted by molar-refractivity contribution is 7.88. The lowest BCUT2D eigenvalue weighted by Crippen LogP contribution is -2.47. The van der Waals surface area contributed by atoms with Crippen molar-refractivity contribution in [3.63, 3.8) is 0 Å². The highest BCUT2D eigenvalue weighted by Crippen LogP contribution is 1.94. The Balaban J connectivity index is 3.86. The second-order valence-corrected chi connectivity index (χ2v) is 4.88. The third-order valence-electron chi connectivity index (χ3n) is 1.52. The number of methoxy groups -OCH3 is 1. The molecule has 0 aromatic rings. The summed E-state index contributed by atoms with van der Waals surface area (Å²) in [5.74, 6) is -0.967. The molecule has 0 aromatic heterocycles. The van der Waals surface area contributed by atoms with Gasteiger partial charge in [-0.2, -0.15) is 0 Å². The number of esters is 1. The third-order valence-corrected chi connectivity index (χ3v) is 2.00. The van der Waals surface area contributed by atoms with Crippen molar-refractivity contribution in [2.24, 2.45) is 5.92 Å². The quantitative estimate of drug-likeness (QED) is 0.410. The third kappa shape index (κ3) is 7.01. The maximum atomic E-state index is 11.0. The molecule has 0 heterocycles. The van der Waals surface area contributed by atoms with Crippen molar-refractivity contribution >= 4 is 22.0 Å². The van der Waals surface area contributed by atoms with Gasteiger partial charge < -0.3 is 10.1 Å². The molecule has 0 bridgehead atoms. The summed E-state index contributed by atoms with van der Waals surface area (Å²) in [5.41, 5.74) is 1.89. The van der Waals surface area contributed by atoms with Gasteiger partial charge in [-0.15, -0.1) is 4.83 Å². The van der Waals surface area contributed by atoms with Gasteiger partial charge in [-0.05, 0) is 0 Å². The number of hydrazine groups is 1. The molecular weight excluding hydrogens is 238 g/mol. The fraction of sp³-hybridized carbons (Fsp3) is 0.714. The van der Waals surface area contributed by atoms with Gasteiger partial charge in [0.05, 0.1) is 19.3 Å². The first kappa shape index (κ1) is 14.6. The van der Waals surface area contributed by atoms with Crippen molar-refractivity contribution in [3.05, 3.63) is 0 Å². The van der Waals surface area contributed by atoms with E-state index in [9.17, 15) is 18.0 Å². The predicted octanol–water partition coefficient (Wildman–Crippen LogP) is -1.44. The van der Waals surface area contributed by atoms with Crippen LogP contribution in [0, 0.1) is 5.92 Å². The first-order chi connectivity index (χ1) is 7.26. The van der Waals surface area contributed by atoms with Crippen molar-refractivity contribution in [3.8, 4) is 0 Å². The van der Waals surface area contributed by atoms with E-state index in [0.717, 1.165) is 6.26 Å². The molecule has 9 heteroatoms. The number of sulfonamides is 1. The summed E-state index contributed by atoms with van der Waals surface area (Å²) < 4.78 is 25.6. The molecule has 0 fully saturated rings. The van der Waals surface area contributed by atoms with Gasteiger partial charge in [0.1, 0.15) is 0 Å². The van der Waals surface area contributed by atoms with Gasteiger partial charge in [-0.1, -0.05) is 6.92 Å². The molecule has 0 radical (unpaired) electrons. The first-order valence-corrected chi connectivity index (χ1v) is 6.24. The monoisotopic (exact) mass is 253 g/mol. The van der Waals surface area contributed by atoms with Crippen molar-refractivity contribution < 1.29 is 22.7 Å². The molecule has 2 amide bonds. The Bertz CT molecular complexity index is 353. The fourth-order valence-electron chi connectivity index (χ4n) is 0.714. The van der Waals surface area contributed by atoms with Crippen molar-refractivity contribution in [2.75, 3.05) is 19.9 Å². The molecule has 16 heavy (non-hydrogen) atoms. The van der Waals surface area contributed by atoms with E-state index in [1.807, 2.05) is 5.43 Å². The number of rotatable bonds is 5. The number of amides is 2. The Hall–Kier alpha value is -1.35. The first-order valence-electron chi connectivity index (χ1n) is 4.34.